The van der Waals surface area contributed by atoms with Gasteiger partial charge in [0.15, 0.2) is 5.82 Å². The largest absolute Gasteiger partial charge is 0.319 e. The minimum absolute atomic E-state index is 0.00282. The van der Waals surface area contributed by atoms with Crippen molar-refractivity contribution in [3.63, 3.8) is 0 Å². The van der Waals surface area contributed by atoms with Crippen molar-refractivity contribution in [1.29, 1.82) is 0 Å². The summed E-state index contributed by atoms with van der Waals surface area (Å²) in [5, 5.41) is 7.83. The molecular weight excluding hydrogens is 403 g/mol. The normalized spacial score (nSPS) is 10.8. The summed E-state index contributed by atoms with van der Waals surface area (Å²) in [6.07, 6.45) is 0. The fourth-order valence-electron chi connectivity index (χ4n) is 3.17. The molecule has 0 saturated heterocycles. The first-order chi connectivity index (χ1) is 14.4. The van der Waals surface area contributed by atoms with Gasteiger partial charge >= 0.3 is 0 Å². The number of amides is 1. The van der Waals surface area contributed by atoms with Gasteiger partial charge < -0.3 is 5.32 Å². The number of aromatic nitrogens is 3. The molecule has 5 nitrogen and oxygen atoms in total. The van der Waals surface area contributed by atoms with Crippen molar-refractivity contribution < 1.29 is 9.18 Å². The summed E-state index contributed by atoms with van der Waals surface area (Å²) in [4.78, 5) is 17.4. The summed E-state index contributed by atoms with van der Waals surface area (Å²) in [6.45, 7) is 3.84. The average molecular weight is 421 g/mol. The molecular formula is C23H18ClFN4O. The second-order valence-electron chi connectivity index (χ2n) is 6.88. The van der Waals surface area contributed by atoms with Gasteiger partial charge in [-0.25, -0.2) is 14.1 Å². The van der Waals surface area contributed by atoms with Crippen LogP contribution in [0.15, 0.2) is 66.7 Å². The first-order valence-corrected chi connectivity index (χ1v) is 9.66. The SMILES string of the molecule is Cc1cccc(C)c1NC(=O)c1nc(-c2cccc(Cl)c2)n(-c2ccc(F)cc2)n1. The Morgan fingerprint density at radius 2 is 1.67 bits per heavy atom. The fraction of sp³-hybridized carbons (Fsp3) is 0.0870. The number of hydrogen-bond acceptors (Lipinski definition) is 3. The number of nitrogens with one attached hydrogen (secondary N) is 1. The molecule has 0 aliphatic carbocycles. The predicted molar refractivity (Wildman–Crippen MR) is 116 cm³/mol. The molecule has 0 saturated carbocycles. The number of halogens is 2. The van der Waals surface area contributed by atoms with Crippen molar-refractivity contribution in [3.8, 4) is 17.1 Å². The summed E-state index contributed by atoms with van der Waals surface area (Å²) in [6, 6.07) is 18.7. The fourth-order valence-corrected chi connectivity index (χ4v) is 3.36. The van der Waals surface area contributed by atoms with Crippen LogP contribution in [-0.4, -0.2) is 20.7 Å². The Labute approximate surface area is 178 Å². The van der Waals surface area contributed by atoms with E-state index in [-0.39, 0.29) is 11.6 Å². The topological polar surface area (TPSA) is 59.8 Å². The number of carbonyl (C=O) groups is 1. The molecule has 1 amide bonds. The lowest BCUT2D eigenvalue weighted by molar-refractivity contribution is 0.101. The standard InChI is InChI=1S/C23H18ClFN4O/c1-14-5-3-6-15(2)20(14)26-23(30)21-27-22(16-7-4-8-17(24)13-16)29(28-21)19-11-9-18(25)10-12-19/h3-13H,1-2H3,(H,26,30). The molecule has 3 aromatic carbocycles. The van der Waals surface area contributed by atoms with Gasteiger partial charge in [-0.15, -0.1) is 5.10 Å². The van der Waals surface area contributed by atoms with E-state index in [9.17, 15) is 9.18 Å². The molecule has 0 unspecified atom stereocenters. The van der Waals surface area contributed by atoms with Crippen molar-refractivity contribution in [3.05, 3.63) is 94.5 Å². The molecule has 1 N–H and O–H groups in total. The number of benzene rings is 3. The molecule has 150 valence electrons. The van der Waals surface area contributed by atoms with Crippen LogP contribution in [0.2, 0.25) is 5.02 Å². The van der Waals surface area contributed by atoms with Crippen molar-refractivity contribution in [2.75, 3.05) is 5.32 Å². The minimum Gasteiger partial charge on any atom is -0.319 e. The molecule has 0 aliphatic rings. The lowest BCUT2D eigenvalue weighted by Crippen LogP contribution is -2.16. The number of hydrogen-bond donors (Lipinski definition) is 1. The van der Waals surface area contributed by atoms with Crippen LogP contribution in [0.3, 0.4) is 0 Å². The molecule has 1 heterocycles. The van der Waals surface area contributed by atoms with E-state index in [1.807, 2.05) is 38.1 Å². The van der Waals surface area contributed by atoms with Crippen LogP contribution in [0.5, 0.6) is 0 Å². The Hall–Kier alpha value is -3.51. The van der Waals surface area contributed by atoms with Gasteiger partial charge in [0.1, 0.15) is 5.82 Å². The van der Waals surface area contributed by atoms with Gasteiger partial charge in [-0.05, 0) is 61.4 Å². The van der Waals surface area contributed by atoms with Crippen LogP contribution < -0.4 is 5.32 Å². The average Bonchev–Trinajstić information content (AvgIpc) is 3.17. The van der Waals surface area contributed by atoms with Crippen LogP contribution in [-0.2, 0) is 0 Å². The van der Waals surface area contributed by atoms with E-state index in [1.165, 1.54) is 16.8 Å². The second kappa shape index (κ2) is 8.08. The first-order valence-electron chi connectivity index (χ1n) is 9.29. The van der Waals surface area contributed by atoms with Crippen molar-refractivity contribution in [2.24, 2.45) is 0 Å². The lowest BCUT2D eigenvalue weighted by atomic mass is 10.1. The van der Waals surface area contributed by atoms with E-state index in [4.69, 9.17) is 11.6 Å². The Kier molecular flexibility index (Phi) is 5.33. The molecule has 0 spiro atoms. The van der Waals surface area contributed by atoms with Gasteiger partial charge in [-0.2, -0.15) is 0 Å². The molecule has 0 aliphatic heterocycles. The third-order valence-corrected chi connectivity index (χ3v) is 4.92. The van der Waals surface area contributed by atoms with Crippen LogP contribution in [0.1, 0.15) is 21.7 Å². The van der Waals surface area contributed by atoms with E-state index >= 15 is 0 Å². The molecule has 0 bridgehead atoms. The van der Waals surface area contributed by atoms with E-state index < -0.39 is 5.91 Å². The van der Waals surface area contributed by atoms with E-state index in [1.54, 1.807) is 30.3 Å². The van der Waals surface area contributed by atoms with Crippen LogP contribution >= 0.6 is 11.6 Å². The molecule has 0 fully saturated rings. The quantitative estimate of drug-likeness (QED) is 0.467. The van der Waals surface area contributed by atoms with Crippen molar-refractivity contribution >= 4 is 23.2 Å². The zero-order valence-electron chi connectivity index (χ0n) is 16.4. The molecule has 4 rings (SSSR count). The Morgan fingerprint density at radius 3 is 2.33 bits per heavy atom. The summed E-state index contributed by atoms with van der Waals surface area (Å²) < 4.78 is 14.9. The maximum Gasteiger partial charge on any atom is 0.295 e. The number of para-hydroxylation sites is 1. The third kappa shape index (κ3) is 3.95. The van der Waals surface area contributed by atoms with Gasteiger partial charge in [0, 0.05) is 16.3 Å². The molecule has 0 radical (unpaired) electrons. The highest BCUT2D eigenvalue weighted by molar-refractivity contribution is 6.30. The Balaban J connectivity index is 1.78. The smallest absolute Gasteiger partial charge is 0.295 e. The summed E-state index contributed by atoms with van der Waals surface area (Å²) >= 11 is 6.14. The van der Waals surface area contributed by atoms with E-state index in [2.05, 4.69) is 15.4 Å². The molecule has 1 aromatic heterocycles. The Bertz CT molecular complexity index is 1210. The highest BCUT2D eigenvalue weighted by atomic mass is 35.5. The number of carbonyl (C=O) groups excluding carboxylic acids is 1. The van der Waals surface area contributed by atoms with Crippen LogP contribution in [0.25, 0.3) is 17.1 Å². The molecule has 7 heteroatoms. The number of anilines is 1. The van der Waals surface area contributed by atoms with Gasteiger partial charge in [0.2, 0.25) is 5.82 Å². The number of nitrogens with zero attached hydrogens (tertiary/aromatic N) is 3. The summed E-state index contributed by atoms with van der Waals surface area (Å²) in [5.41, 5.74) is 3.87. The summed E-state index contributed by atoms with van der Waals surface area (Å²) in [7, 11) is 0. The van der Waals surface area contributed by atoms with Crippen molar-refractivity contribution in [2.45, 2.75) is 13.8 Å². The minimum atomic E-state index is -0.434. The van der Waals surface area contributed by atoms with Gasteiger partial charge in [0.05, 0.1) is 5.69 Å². The van der Waals surface area contributed by atoms with E-state index in [0.29, 0.717) is 22.1 Å². The summed E-state index contributed by atoms with van der Waals surface area (Å²) in [5.74, 6) is -0.375. The zero-order chi connectivity index (χ0) is 21.3. The van der Waals surface area contributed by atoms with Crippen LogP contribution in [0, 0.1) is 19.7 Å². The highest BCUT2D eigenvalue weighted by Gasteiger charge is 2.20. The van der Waals surface area contributed by atoms with Gasteiger partial charge in [-0.1, -0.05) is 41.9 Å². The maximum atomic E-state index is 13.4. The third-order valence-electron chi connectivity index (χ3n) is 4.68. The lowest BCUT2D eigenvalue weighted by Gasteiger charge is -2.09. The van der Waals surface area contributed by atoms with Gasteiger partial charge in [0.25, 0.3) is 5.91 Å². The monoisotopic (exact) mass is 420 g/mol. The predicted octanol–water partition coefficient (Wildman–Crippen LogP) is 5.60. The second-order valence-corrected chi connectivity index (χ2v) is 7.31. The first kappa shape index (κ1) is 19.8. The molecule has 4 aromatic rings. The van der Waals surface area contributed by atoms with Crippen molar-refractivity contribution in [1.82, 2.24) is 14.8 Å². The maximum absolute atomic E-state index is 13.4. The highest BCUT2D eigenvalue weighted by Crippen LogP contribution is 2.25. The Morgan fingerprint density at radius 1 is 1.00 bits per heavy atom. The van der Waals surface area contributed by atoms with Crippen LogP contribution in [0.4, 0.5) is 10.1 Å². The van der Waals surface area contributed by atoms with Gasteiger partial charge in [-0.3, -0.25) is 4.79 Å². The van der Waals surface area contributed by atoms with E-state index in [0.717, 1.165) is 16.8 Å². The molecule has 0 atom stereocenters. The number of aryl methyl sites for hydroxylation is 2. The number of rotatable bonds is 4. The molecule has 30 heavy (non-hydrogen) atoms. The zero-order valence-corrected chi connectivity index (χ0v) is 17.1.